The molecule has 0 spiro atoms. The maximum Gasteiger partial charge on any atom is 0.120 e. The number of hydrogen-bond donors (Lipinski definition) is 0. The predicted octanol–water partition coefficient (Wildman–Crippen LogP) is 1.55. The number of carbonyl (C=O) groups is 1. The summed E-state index contributed by atoms with van der Waals surface area (Å²) in [7, 11) is 1.68. The van der Waals surface area contributed by atoms with Crippen molar-refractivity contribution in [3.8, 4) is 0 Å². The number of aldehydes is 1. The lowest BCUT2D eigenvalue weighted by Crippen LogP contribution is -2.40. The molecule has 3 heteroatoms. The molecule has 0 N–H and O–H groups in total. The van der Waals surface area contributed by atoms with Crippen molar-refractivity contribution in [2.45, 2.75) is 37.7 Å². The van der Waals surface area contributed by atoms with Gasteiger partial charge in [0, 0.05) is 20.1 Å². The average molecular weight is 186 g/mol. The van der Waals surface area contributed by atoms with Crippen molar-refractivity contribution in [3.05, 3.63) is 0 Å². The van der Waals surface area contributed by atoms with Gasteiger partial charge >= 0.3 is 0 Å². The fraction of sp³-hybridized carbons (Fsp3) is 0.900. The Morgan fingerprint density at radius 3 is 2.92 bits per heavy atom. The van der Waals surface area contributed by atoms with E-state index in [1.807, 2.05) is 0 Å². The quantitative estimate of drug-likeness (QED) is 0.611. The largest absolute Gasteiger partial charge is 0.382 e. The van der Waals surface area contributed by atoms with Crippen LogP contribution in [0.3, 0.4) is 0 Å². The maximum atomic E-state index is 10.3. The summed E-state index contributed by atoms with van der Waals surface area (Å²) in [6.07, 6.45) is 5.66. The molecule has 0 aromatic heterocycles. The van der Waals surface area contributed by atoms with Gasteiger partial charge in [-0.3, -0.25) is 0 Å². The van der Waals surface area contributed by atoms with Crippen LogP contribution in [0.5, 0.6) is 0 Å². The van der Waals surface area contributed by atoms with E-state index in [0.717, 1.165) is 32.2 Å². The second-order valence-electron chi connectivity index (χ2n) is 3.63. The number of carbonyl (C=O) groups excluding carboxylic acids is 1. The zero-order valence-electron chi connectivity index (χ0n) is 8.25. The first-order chi connectivity index (χ1) is 6.33. The van der Waals surface area contributed by atoms with Crippen LogP contribution in [0, 0.1) is 0 Å². The Kier molecular flexibility index (Phi) is 4.39. The number of ether oxygens (including phenoxy) is 2. The molecule has 0 radical (unpaired) electrons. The average Bonchev–Trinajstić information content (AvgIpc) is 2.17. The highest BCUT2D eigenvalue weighted by atomic mass is 16.5. The van der Waals surface area contributed by atoms with Gasteiger partial charge in [0.1, 0.15) is 6.29 Å². The molecule has 1 saturated heterocycles. The summed E-state index contributed by atoms with van der Waals surface area (Å²) < 4.78 is 10.9. The van der Waals surface area contributed by atoms with E-state index in [-0.39, 0.29) is 5.60 Å². The molecule has 1 aliphatic heterocycles. The molecule has 1 atom stereocenters. The zero-order valence-corrected chi connectivity index (χ0v) is 8.25. The summed E-state index contributed by atoms with van der Waals surface area (Å²) in [4.78, 5) is 10.3. The summed E-state index contributed by atoms with van der Waals surface area (Å²) in [6, 6.07) is 0. The summed E-state index contributed by atoms with van der Waals surface area (Å²) >= 11 is 0. The standard InChI is InChI=1S/C10H18O3/c1-12-9-10(6-4-7-11)5-2-3-8-13-10/h7H,2-6,8-9H2,1H3. The van der Waals surface area contributed by atoms with E-state index < -0.39 is 0 Å². The van der Waals surface area contributed by atoms with Crippen LogP contribution < -0.4 is 0 Å². The van der Waals surface area contributed by atoms with E-state index >= 15 is 0 Å². The molecule has 1 rings (SSSR count). The third-order valence-corrected chi connectivity index (χ3v) is 2.56. The second kappa shape index (κ2) is 5.35. The lowest BCUT2D eigenvalue weighted by Gasteiger charge is -2.36. The topological polar surface area (TPSA) is 35.5 Å². The molecule has 1 heterocycles. The molecular weight excluding hydrogens is 168 g/mol. The monoisotopic (exact) mass is 186 g/mol. The molecule has 0 aromatic carbocycles. The number of hydrogen-bond acceptors (Lipinski definition) is 3. The molecule has 0 aromatic rings. The Labute approximate surface area is 79.4 Å². The van der Waals surface area contributed by atoms with Crippen molar-refractivity contribution >= 4 is 6.29 Å². The number of rotatable bonds is 5. The fourth-order valence-electron chi connectivity index (χ4n) is 1.88. The van der Waals surface area contributed by atoms with E-state index in [4.69, 9.17) is 9.47 Å². The van der Waals surface area contributed by atoms with Crippen LogP contribution in [0.25, 0.3) is 0 Å². The summed E-state index contributed by atoms with van der Waals surface area (Å²) in [6.45, 7) is 1.42. The molecule has 0 saturated carbocycles. The number of methoxy groups -OCH3 is 1. The van der Waals surface area contributed by atoms with Crippen LogP contribution in [0.4, 0.5) is 0 Å². The molecule has 1 aliphatic rings. The Morgan fingerprint density at radius 1 is 1.54 bits per heavy atom. The molecule has 1 fully saturated rings. The predicted molar refractivity (Wildman–Crippen MR) is 49.7 cm³/mol. The van der Waals surface area contributed by atoms with Crippen molar-refractivity contribution in [3.63, 3.8) is 0 Å². The van der Waals surface area contributed by atoms with Gasteiger partial charge in [-0.1, -0.05) is 0 Å². The van der Waals surface area contributed by atoms with Crippen molar-refractivity contribution in [2.24, 2.45) is 0 Å². The highest BCUT2D eigenvalue weighted by Gasteiger charge is 2.32. The molecule has 0 aliphatic carbocycles. The molecule has 0 amide bonds. The van der Waals surface area contributed by atoms with Gasteiger partial charge in [0.15, 0.2) is 0 Å². The van der Waals surface area contributed by atoms with Gasteiger partial charge in [0.25, 0.3) is 0 Å². The lowest BCUT2D eigenvalue weighted by atomic mass is 9.90. The van der Waals surface area contributed by atoms with Crippen LogP contribution >= 0.6 is 0 Å². The van der Waals surface area contributed by atoms with E-state index in [2.05, 4.69) is 0 Å². The van der Waals surface area contributed by atoms with E-state index in [1.54, 1.807) is 7.11 Å². The second-order valence-corrected chi connectivity index (χ2v) is 3.63. The smallest absolute Gasteiger partial charge is 0.120 e. The van der Waals surface area contributed by atoms with E-state index in [0.29, 0.717) is 13.0 Å². The Balaban J connectivity index is 2.44. The summed E-state index contributed by atoms with van der Waals surface area (Å²) in [5.74, 6) is 0. The third kappa shape index (κ3) is 3.08. The van der Waals surface area contributed by atoms with Crippen molar-refractivity contribution in [1.82, 2.24) is 0 Å². The maximum absolute atomic E-state index is 10.3. The molecular formula is C10H18O3. The van der Waals surface area contributed by atoms with Gasteiger partial charge in [-0.05, 0) is 25.7 Å². The van der Waals surface area contributed by atoms with Crippen LogP contribution in [0.2, 0.25) is 0 Å². The van der Waals surface area contributed by atoms with Crippen LogP contribution in [-0.4, -0.2) is 32.2 Å². The molecule has 13 heavy (non-hydrogen) atoms. The van der Waals surface area contributed by atoms with E-state index in [9.17, 15) is 4.79 Å². The molecule has 0 bridgehead atoms. The third-order valence-electron chi connectivity index (χ3n) is 2.56. The Morgan fingerprint density at radius 2 is 2.38 bits per heavy atom. The minimum atomic E-state index is -0.173. The van der Waals surface area contributed by atoms with Crippen LogP contribution in [0.15, 0.2) is 0 Å². The first kappa shape index (κ1) is 10.7. The van der Waals surface area contributed by atoms with Crippen molar-refractivity contribution in [2.75, 3.05) is 20.3 Å². The fourth-order valence-corrected chi connectivity index (χ4v) is 1.88. The van der Waals surface area contributed by atoms with Crippen molar-refractivity contribution < 1.29 is 14.3 Å². The van der Waals surface area contributed by atoms with Gasteiger partial charge in [0.05, 0.1) is 12.2 Å². The summed E-state index contributed by atoms with van der Waals surface area (Å²) in [5, 5.41) is 0. The minimum absolute atomic E-state index is 0.173. The highest BCUT2D eigenvalue weighted by Crippen LogP contribution is 2.29. The first-order valence-electron chi connectivity index (χ1n) is 4.89. The van der Waals surface area contributed by atoms with Gasteiger partial charge < -0.3 is 14.3 Å². The van der Waals surface area contributed by atoms with Gasteiger partial charge in [-0.15, -0.1) is 0 Å². The Hall–Kier alpha value is -0.410. The summed E-state index contributed by atoms with van der Waals surface area (Å²) in [5.41, 5.74) is -0.173. The molecule has 1 unspecified atom stereocenters. The van der Waals surface area contributed by atoms with E-state index in [1.165, 1.54) is 6.42 Å². The van der Waals surface area contributed by atoms with Gasteiger partial charge in [-0.25, -0.2) is 0 Å². The van der Waals surface area contributed by atoms with Gasteiger partial charge in [-0.2, -0.15) is 0 Å². The Bertz CT molecular complexity index is 145. The lowest BCUT2D eigenvalue weighted by molar-refractivity contribution is -0.126. The van der Waals surface area contributed by atoms with Crippen molar-refractivity contribution in [1.29, 1.82) is 0 Å². The first-order valence-corrected chi connectivity index (χ1v) is 4.89. The minimum Gasteiger partial charge on any atom is -0.382 e. The SMILES string of the molecule is COCC1(CCC=O)CCCCO1. The zero-order chi connectivity index (χ0) is 9.57. The molecule has 3 nitrogen and oxygen atoms in total. The van der Waals surface area contributed by atoms with Gasteiger partial charge in [0.2, 0.25) is 0 Å². The molecule has 76 valence electrons. The van der Waals surface area contributed by atoms with Crippen LogP contribution in [-0.2, 0) is 14.3 Å². The normalized spacial score (nSPS) is 28.7. The van der Waals surface area contributed by atoms with Crippen LogP contribution in [0.1, 0.15) is 32.1 Å². The highest BCUT2D eigenvalue weighted by molar-refractivity contribution is 5.49.